The van der Waals surface area contributed by atoms with Crippen molar-refractivity contribution in [2.75, 3.05) is 24.5 Å². The van der Waals surface area contributed by atoms with Crippen LogP contribution in [0.4, 0.5) is 5.69 Å². The average Bonchev–Trinajstić information content (AvgIpc) is 3.30. The number of carbonyl (C=O) groups is 1. The number of carbonyl (C=O) groups excluding carboxylic acids is 1. The molecule has 2 aromatic rings. The number of aryl methyl sites for hydroxylation is 1. The van der Waals surface area contributed by atoms with Gasteiger partial charge < -0.3 is 25.7 Å². The summed E-state index contributed by atoms with van der Waals surface area (Å²) >= 11 is 0. The summed E-state index contributed by atoms with van der Waals surface area (Å²) in [5.41, 5.74) is 7.73. The number of benzene rings is 1. The molecule has 1 aromatic heterocycles. The quantitative estimate of drug-likeness (QED) is 0.535. The summed E-state index contributed by atoms with van der Waals surface area (Å²) in [4.78, 5) is 18.1. The van der Waals surface area contributed by atoms with Gasteiger partial charge in [-0.25, -0.2) is 4.99 Å². The van der Waals surface area contributed by atoms with Gasteiger partial charge in [0, 0.05) is 31.4 Å². The number of aliphatic imine (C=N–C) groups is 1. The van der Waals surface area contributed by atoms with Crippen LogP contribution in [0.3, 0.4) is 0 Å². The standard InChI is InChI=1S/C20H27N5O2/c1-3-22-20(23-12-17-8-9-18(27-17)19(21)26)24-15-10-11-25(13-15)16-6-4-14(2)5-7-16/h4-9,15H,3,10-13H2,1-2H3,(H2,21,26)(H2,22,23,24). The lowest BCUT2D eigenvalue weighted by molar-refractivity contribution is 0.0972. The molecule has 0 bridgehead atoms. The molecule has 27 heavy (non-hydrogen) atoms. The molecule has 4 N–H and O–H groups in total. The lowest BCUT2D eigenvalue weighted by Crippen LogP contribution is -2.44. The Labute approximate surface area is 159 Å². The molecule has 2 heterocycles. The Morgan fingerprint density at radius 2 is 2.07 bits per heavy atom. The summed E-state index contributed by atoms with van der Waals surface area (Å²) in [6, 6.07) is 12.2. The van der Waals surface area contributed by atoms with Gasteiger partial charge >= 0.3 is 0 Å². The van der Waals surface area contributed by atoms with Gasteiger partial charge in [0.05, 0.1) is 0 Å². The van der Waals surface area contributed by atoms with Gasteiger partial charge in [-0.15, -0.1) is 0 Å². The van der Waals surface area contributed by atoms with E-state index >= 15 is 0 Å². The molecule has 1 atom stereocenters. The molecular weight excluding hydrogens is 342 g/mol. The van der Waals surface area contributed by atoms with E-state index in [1.54, 1.807) is 12.1 Å². The first-order valence-electron chi connectivity index (χ1n) is 9.30. The summed E-state index contributed by atoms with van der Waals surface area (Å²) in [5.74, 6) is 0.930. The Kier molecular flexibility index (Phi) is 6.01. The van der Waals surface area contributed by atoms with Crippen molar-refractivity contribution in [3.8, 4) is 0 Å². The molecule has 0 aliphatic carbocycles. The molecule has 1 saturated heterocycles. The second kappa shape index (κ2) is 8.62. The van der Waals surface area contributed by atoms with Crippen LogP contribution in [0.5, 0.6) is 0 Å². The van der Waals surface area contributed by atoms with E-state index in [-0.39, 0.29) is 5.76 Å². The molecule has 0 radical (unpaired) electrons. The molecule has 1 amide bonds. The molecule has 3 rings (SSSR count). The van der Waals surface area contributed by atoms with Crippen molar-refractivity contribution in [3.05, 3.63) is 53.5 Å². The Morgan fingerprint density at radius 1 is 1.30 bits per heavy atom. The van der Waals surface area contributed by atoms with Gasteiger partial charge in [-0.05, 0) is 44.5 Å². The molecule has 144 valence electrons. The normalized spacial score (nSPS) is 17.2. The zero-order valence-electron chi connectivity index (χ0n) is 15.9. The summed E-state index contributed by atoms with van der Waals surface area (Å²) in [6.07, 6.45) is 1.05. The number of hydrogen-bond donors (Lipinski definition) is 3. The third-order valence-corrected chi connectivity index (χ3v) is 4.57. The lowest BCUT2D eigenvalue weighted by atomic mass is 10.2. The number of hydrogen-bond acceptors (Lipinski definition) is 4. The van der Waals surface area contributed by atoms with Crippen LogP contribution >= 0.6 is 0 Å². The topological polar surface area (TPSA) is 95.9 Å². The number of furan rings is 1. The number of guanidine groups is 1. The van der Waals surface area contributed by atoms with Crippen molar-refractivity contribution < 1.29 is 9.21 Å². The van der Waals surface area contributed by atoms with Gasteiger partial charge in [-0.1, -0.05) is 17.7 Å². The van der Waals surface area contributed by atoms with Gasteiger partial charge in [0.2, 0.25) is 0 Å². The SMILES string of the molecule is CCNC(=NCc1ccc(C(N)=O)o1)NC1CCN(c2ccc(C)cc2)C1. The van der Waals surface area contributed by atoms with Crippen molar-refractivity contribution in [2.24, 2.45) is 10.7 Å². The van der Waals surface area contributed by atoms with Crippen molar-refractivity contribution >= 4 is 17.6 Å². The fourth-order valence-electron chi connectivity index (χ4n) is 3.13. The van der Waals surface area contributed by atoms with Crippen molar-refractivity contribution in [3.63, 3.8) is 0 Å². The summed E-state index contributed by atoms with van der Waals surface area (Å²) in [6.45, 7) is 7.19. The smallest absolute Gasteiger partial charge is 0.284 e. The number of nitrogens with zero attached hydrogens (tertiary/aromatic N) is 2. The summed E-state index contributed by atoms with van der Waals surface area (Å²) in [7, 11) is 0. The van der Waals surface area contributed by atoms with Crippen LogP contribution in [-0.2, 0) is 6.54 Å². The number of nitrogens with two attached hydrogens (primary N) is 1. The number of amides is 1. The first-order chi connectivity index (χ1) is 13.0. The zero-order chi connectivity index (χ0) is 19.2. The van der Waals surface area contributed by atoms with E-state index in [2.05, 4.69) is 51.7 Å². The minimum atomic E-state index is -0.572. The van der Waals surface area contributed by atoms with Gasteiger partial charge in [0.25, 0.3) is 5.91 Å². The number of primary amides is 1. The number of anilines is 1. The van der Waals surface area contributed by atoms with Gasteiger partial charge in [0.1, 0.15) is 12.3 Å². The highest BCUT2D eigenvalue weighted by molar-refractivity contribution is 5.89. The molecule has 1 aliphatic rings. The summed E-state index contributed by atoms with van der Waals surface area (Å²) < 4.78 is 5.38. The highest BCUT2D eigenvalue weighted by Crippen LogP contribution is 2.20. The van der Waals surface area contributed by atoms with Crippen LogP contribution in [0.1, 0.15) is 35.2 Å². The molecule has 0 spiro atoms. The van der Waals surface area contributed by atoms with Crippen LogP contribution in [0.15, 0.2) is 45.8 Å². The zero-order valence-corrected chi connectivity index (χ0v) is 15.9. The second-order valence-corrected chi connectivity index (χ2v) is 6.74. The fourth-order valence-corrected chi connectivity index (χ4v) is 3.13. The molecular formula is C20H27N5O2. The fraction of sp³-hybridized carbons (Fsp3) is 0.400. The minimum Gasteiger partial charge on any atom is -0.454 e. The maximum Gasteiger partial charge on any atom is 0.284 e. The van der Waals surface area contributed by atoms with E-state index in [4.69, 9.17) is 10.2 Å². The van der Waals surface area contributed by atoms with Crippen LogP contribution < -0.4 is 21.3 Å². The first kappa shape index (κ1) is 18.8. The summed E-state index contributed by atoms with van der Waals surface area (Å²) in [5, 5.41) is 6.75. The molecule has 7 nitrogen and oxygen atoms in total. The first-order valence-corrected chi connectivity index (χ1v) is 9.30. The number of nitrogens with one attached hydrogen (secondary N) is 2. The van der Waals surface area contributed by atoms with Gasteiger partial charge in [-0.2, -0.15) is 0 Å². The van der Waals surface area contributed by atoms with Crippen LogP contribution in [0, 0.1) is 6.92 Å². The van der Waals surface area contributed by atoms with Crippen molar-refractivity contribution in [1.82, 2.24) is 10.6 Å². The van der Waals surface area contributed by atoms with Gasteiger partial charge in [0.15, 0.2) is 11.7 Å². The monoisotopic (exact) mass is 369 g/mol. The van der Waals surface area contributed by atoms with Crippen LogP contribution in [-0.4, -0.2) is 37.5 Å². The molecule has 1 aliphatic heterocycles. The molecule has 1 aromatic carbocycles. The highest BCUT2D eigenvalue weighted by Gasteiger charge is 2.23. The van der Waals surface area contributed by atoms with Crippen molar-refractivity contribution in [2.45, 2.75) is 32.9 Å². The van der Waals surface area contributed by atoms with Crippen LogP contribution in [0.2, 0.25) is 0 Å². The van der Waals surface area contributed by atoms with Crippen molar-refractivity contribution in [1.29, 1.82) is 0 Å². The predicted molar refractivity (Wildman–Crippen MR) is 107 cm³/mol. The van der Waals surface area contributed by atoms with E-state index in [0.717, 1.165) is 32.0 Å². The minimum absolute atomic E-state index is 0.155. The Hall–Kier alpha value is -2.96. The highest BCUT2D eigenvalue weighted by atomic mass is 16.3. The third kappa shape index (κ3) is 5.03. The Morgan fingerprint density at radius 3 is 2.74 bits per heavy atom. The molecule has 0 saturated carbocycles. The molecule has 1 fully saturated rings. The molecule has 7 heteroatoms. The lowest BCUT2D eigenvalue weighted by Gasteiger charge is -2.20. The largest absolute Gasteiger partial charge is 0.454 e. The second-order valence-electron chi connectivity index (χ2n) is 6.74. The van der Waals surface area contributed by atoms with E-state index < -0.39 is 5.91 Å². The average molecular weight is 369 g/mol. The van der Waals surface area contributed by atoms with E-state index in [0.29, 0.717) is 18.3 Å². The van der Waals surface area contributed by atoms with Gasteiger partial charge in [-0.3, -0.25) is 4.79 Å². The van der Waals surface area contributed by atoms with E-state index in [1.165, 1.54) is 11.3 Å². The Balaban J connectivity index is 1.58. The van der Waals surface area contributed by atoms with E-state index in [9.17, 15) is 4.79 Å². The predicted octanol–water partition coefficient (Wildman–Crippen LogP) is 2.02. The maximum absolute atomic E-state index is 11.1. The third-order valence-electron chi connectivity index (χ3n) is 4.57. The maximum atomic E-state index is 11.1. The van der Waals surface area contributed by atoms with E-state index in [1.807, 2.05) is 6.92 Å². The molecule has 1 unspecified atom stereocenters. The number of rotatable bonds is 6. The van der Waals surface area contributed by atoms with Crippen LogP contribution in [0.25, 0.3) is 0 Å². The Bertz CT molecular complexity index is 797.